The van der Waals surface area contributed by atoms with Crippen molar-refractivity contribution in [1.82, 2.24) is 0 Å². The van der Waals surface area contributed by atoms with Crippen LogP contribution in [0.4, 0.5) is 0 Å². The maximum atomic E-state index is 12.9. The van der Waals surface area contributed by atoms with Crippen molar-refractivity contribution in [3.8, 4) is 0 Å². The van der Waals surface area contributed by atoms with Gasteiger partial charge in [0.1, 0.15) is 4.58 Å². The van der Waals surface area contributed by atoms with Crippen LogP contribution in [0.25, 0.3) is 5.57 Å². The van der Waals surface area contributed by atoms with Crippen LogP contribution in [0, 0.1) is 5.41 Å². The Morgan fingerprint density at radius 3 is 2.30 bits per heavy atom. The Hall–Kier alpha value is -0.670. The van der Waals surface area contributed by atoms with Gasteiger partial charge in [0.05, 0.1) is 0 Å². The number of hydrogen-bond donors (Lipinski definition) is 0. The van der Waals surface area contributed by atoms with Gasteiger partial charge in [-0.15, -0.1) is 23.5 Å². The van der Waals surface area contributed by atoms with Crippen molar-refractivity contribution in [3.63, 3.8) is 0 Å². The van der Waals surface area contributed by atoms with Crippen molar-refractivity contribution in [2.45, 2.75) is 31.8 Å². The Labute approximate surface area is 130 Å². The van der Waals surface area contributed by atoms with Crippen molar-refractivity contribution in [2.75, 3.05) is 11.5 Å². The Bertz CT molecular complexity index is 479. The monoisotopic (exact) mass is 306 g/mol. The summed E-state index contributed by atoms with van der Waals surface area (Å²) in [5, 5.41) is 0. The largest absolute Gasteiger partial charge is 0.292 e. The first-order valence-corrected chi connectivity index (χ1v) is 9.13. The summed E-state index contributed by atoms with van der Waals surface area (Å²) in [5.41, 5.74) is 1.93. The topological polar surface area (TPSA) is 17.1 Å². The lowest BCUT2D eigenvalue weighted by molar-refractivity contribution is -0.112. The molecule has 0 N–H and O–H groups in total. The molecule has 0 radical (unpaired) electrons. The van der Waals surface area contributed by atoms with Gasteiger partial charge < -0.3 is 0 Å². The van der Waals surface area contributed by atoms with Crippen LogP contribution in [0.3, 0.4) is 0 Å². The van der Waals surface area contributed by atoms with Crippen LogP contribution < -0.4 is 0 Å². The fourth-order valence-electron chi connectivity index (χ4n) is 2.11. The summed E-state index contributed by atoms with van der Waals surface area (Å²) in [6.07, 6.45) is 3.34. The molecule has 1 aliphatic heterocycles. The van der Waals surface area contributed by atoms with Gasteiger partial charge in [0.2, 0.25) is 0 Å². The summed E-state index contributed by atoms with van der Waals surface area (Å²) in [6, 6.07) is 10.1. The van der Waals surface area contributed by atoms with Crippen molar-refractivity contribution in [3.05, 3.63) is 42.0 Å². The van der Waals surface area contributed by atoms with Gasteiger partial charge in [0.25, 0.3) is 0 Å². The van der Waals surface area contributed by atoms with Crippen LogP contribution in [-0.2, 0) is 4.79 Å². The van der Waals surface area contributed by atoms with Gasteiger partial charge in [0.15, 0.2) is 5.78 Å². The van der Waals surface area contributed by atoms with Crippen molar-refractivity contribution in [1.29, 1.82) is 0 Å². The number of carbonyl (C=O) groups excluding carboxylic acids is 1. The van der Waals surface area contributed by atoms with E-state index in [1.807, 2.05) is 30.3 Å². The summed E-state index contributed by atoms with van der Waals surface area (Å²) in [6.45, 7) is 6.43. The maximum Gasteiger partial charge on any atom is 0.186 e. The van der Waals surface area contributed by atoms with E-state index in [2.05, 4.69) is 26.8 Å². The molecule has 0 aromatic heterocycles. The third kappa shape index (κ3) is 4.42. The Kier molecular flexibility index (Phi) is 5.39. The van der Waals surface area contributed by atoms with Crippen molar-refractivity contribution >= 4 is 34.9 Å². The lowest BCUT2D eigenvalue weighted by atomic mass is 9.89. The lowest BCUT2D eigenvalue weighted by Crippen LogP contribution is -2.20. The summed E-state index contributed by atoms with van der Waals surface area (Å²) in [7, 11) is 0. The zero-order chi connectivity index (χ0) is 14.6. The second kappa shape index (κ2) is 6.86. The van der Waals surface area contributed by atoms with Crippen LogP contribution in [0.15, 0.2) is 36.4 Å². The van der Waals surface area contributed by atoms with E-state index in [1.165, 1.54) is 6.42 Å². The zero-order valence-corrected chi connectivity index (χ0v) is 14.0. The average molecular weight is 306 g/mol. The minimum absolute atomic E-state index is 0.00480. The molecule has 1 aliphatic rings. The molecule has 1 aromatic rings. The molecule has 0 spiro atoms. The zero-order valence-electron chi connectivity index (χ0n) is 12.4. The molecule has 1 heterocycles. The fourth-order valence-corrected chi connectivity index (χ4v) is 4.87. The normalized spacial score (nSPS) is 18.1. The van der Waals surface area contributed by atoms with E-state index in [0.29, 0.717) is 0 Å². The molecule has 0 unspecified atom stereocenters. The highest BCUT2D eigenvalue weighted by Gasteiger charge is 2.27. The van der Waals surface area contributed by atoms with Gasteiger partial charge in [-0.25, -0.2) is 0 Å². The highest BCUT2D eigenvalue weighted by atomic mass is 32.2. The molecular weight excluding hydrogens is 284 g/mol. The number of hydrogen-bond acceptors (Lipinski definition) is 3. The molecule has 1 nitrogen and oxygen atoms in total. The van der Waals surface area contributed by atoms with E-state index in [9.17, 15) is 4.79 Å². The molecule has 108 valence electrons. The molecule has 0 saturated carbocycles. The van der Waals surface area contributed by atoms with Crippen molar-refractivity contribution < 1.29 is 4.79 Å². The molecule has 0 amide bonds. The van der Waals surface area contributed by atoms with Crippen LogP contribution >= 0.6 is 23.5 Å². The molecule has 1 saturated heterocycles. The smallest absolute Gasteiger partial charge is 0.186 e. The van der Waals surface area contributed by atoms with Gasteiger partial charge in [-0.3, -0.25) is 4.79 Å². The maximum absolute atomic E-state index is 12.9. The minimum Gasteiger partial charge on any atom is -0.292 e. The lowest BCUT2D eigenvalue weighted by Gasteiger charge is -2.23. The van der Waals surface area contributed by atoms with E-state index >= 15 is 0 Å². The van der Waals surface area contributed by atoms with Crippen molar-refractivity contribution in [2.24, 2.45) is 5.41 Å². The van der Waals surface area contributed by atoms with Gasteiger partial charge in [0, 0.05) is 5.57 Å². The SMILES string of the molecule is CC(C)(C)C=C(C(=O)C1SCCCS1)c1ccccc1. The third-order valence-corrected chi connectivity index (χ3v) is 5.87. The fraction of sp³-hybridized carbons (Fsp3) is 0.471. The van der Waals surface area contributed by atoms with E-state index < -0.39 is 0 Å². The van der Waals surface area contributed by atoms with E-state index in [0.717, 1.165) is 22.6 Å². The highest BCUT2D eigenvalue weighted by molar-refractivity contribution is 8.18. The molecule has 0 bridgehead atoms. The van der Waals surface area contributed by atoms with Crippen LogP contribution in [0.5, 0.6) is 0 Å². The number of ketones is 1. The third-order valence-electron chi connectivity index (χ3n) is 2.97. The number of thioether (sulfide) groups is 2. The molecule has 0 atom stereocenters. The highest BCUT2D eigenvalue weighted by Crippen LogP contribution is 2.36. The van der Waals surface area contributed by atoms with E-state index in [1.54, 1.807) is 23.5 Å². The number of rotatable bonds is 3. The Balaban J connectivity index is 2.32. The van der Waals surface area contributed by atoms with Gasteiger partial charge in [-0.1, -0.05) is 57.2 Å². The molecule has 20 heavy (non-hydrogen) atoms. The predicted molar refractivity (Wildman–Crippen MR) is 92.2 cm³/mol. The number of carbonyl (C=O) groups is 1. The average Bonchev–Trinajstić information content (AvgIpc) is 2.45. The molecular formula is C17H22OS2. The van der Waals surface area contributed by atoms with Crippen LogP contribution in [0.1, 0.15) is 32.8 Å². The Morgan fingerprint density at radius 2 is 1.75 bits per heavy atom. The summed E-state index contributed by atoms with van der Waals surface area (Å²) >= 11 is 3.59. The van der Waals surface area contributed by atoms with Gasteiger partial charge in [-0.05, 0) is 28.9 Å². The predicted octanol–water partition coefficient (Wildman–Crippen LogP) is 4.88. The first-order chi connectivity index (χ1) is 9.47. The summed E-state index contributed by atoms with van der Waals surface area (Å²) < 4.78 is 0.0672. The second-order valence-corrected chi connectivity index (χ2v) is 8.81. The Morgan fingerprint density at radius 1 is 1.15 bits per heavy atom. The number of benzene rings is 1. The summed E-state index contributed by atoms with van der Waals surface area (Å²) in [5.74, 6) is 2.47. The number of allylic oxidation sites excluding steroid dienone is 2. The molecule has 2 rings (SSSR count). The van der Waals surface area contributed by atoms with Crippen LogP contribution in [0.2, 0.25) is 0 Å². The van der Waals surface area contributed by atoms with E-state index in [4.69, 9.17) is 0 Å². The second-order valence-electron chi connectivity index (χ2n) is 6.08. The molecule has 0 aliphatic carbocycles. The standard InChI is InChI=1S/C17H22OS2/c1-17(2,3)12-14(13-8-5-4-6-9-13)15(18)16-19-10-7-11-20-16/h4-6,8-9,12,16H,7,10-11H2,1-3H3. The molecule has 1 fully saturated rings. The van der Waals surface area contributed by atoms with E-state index in [-0.39, 0.29) is 15.8 Å². The van der Waals surface area contributed by atoms with Crippen LogP contribution in [-0.4, -0.2) is 21.9 Å². The van der Waals surface area contributed by atoms with Gasteiger partial charge in [-0.2, -0.15) is 0 Å². The quantitative estimate of drug-likeness (QED) is 0.741. The summed E-state index contributed by atoms with van der Waals surface area (Å²) in [4.78, 5) is 12.9. The molecule has 3 heteroatoms. The minimum atomic E-state index is 0.00480. The van der Waals surface area contributed by atoms with Gasteiger partial charge >= 0.3 is 0 Å². The first-order valence-electron chi connectivity index (χ1n) is 7.03. The first kappa shape index (κ1) is 15.7. The number of Topliss-reactive ketones (excluding diaryl/α,β-unsaturated/α-hetero) is 1. The molecule has 1 aromatic carbocycles.